The first-order valence-electron chi connectivity index (χ1n) is 11.7. The summed E-state index contributed by atoms with van der Waals surface area (Å²) in [5.41, 5.74) is 5.60. The molecule has 1 aliphatic rings. The molecule has 0 atom stereocenters. The van der Waals surface area contributed by atoms with Crippen LogP contribution in [0.1, 0.15) is 28.8 Å². The van der Waals surface area contributed by atoms with Crippen LogP contribution in [0.3, 0.4) is 0 Å². The van der Waals surface area contributed by atoms with Crippen molar-refractivity contribution in [1.82, 2.24) is 14.9 Å². The second-order valence-electron chi connectivity index (χ2n) is 9.04. The summed E-state index contributed by atoms with van der Waals surface area (Å²) >= 11 is 6.46. The van der Waals surface area contributed by atoms with E-state index in [-0.39, 0.29) is 5.91 Å². The fourth-order valence-electron chi connectivity index (χ4n) is 4.48. The molecule has 0 bridgehead atoms. The number of hydrogen-bond acceptors (Lipinski definition) is 4. The molecule has 172 valence electrons. The Morgan fingerprint density at radius 3 is 2.53 bits per heavy atom. The number of hydrogen-bond donors (Lipinski definition) is 1. The predicted molar refractivity (Wildman–Crippen MR) is 138 cm³/mol. The second-order valence-corrected chi connectivity index (χ2v) is 9.45. The van der Waals surface area contributed by atoms with Gasteiger partial charge < -0.3 is 10.2 Å². The van der Waals surface area contributed by atoms with E-state index < -0.39 is 0 Å². The number of nitrogens with zero attached hydrogens (tertiary/aromatic N) is 3. The van der Waals surface area contributed by atoms with Crippen molar-refractivity contribution < 1.29 is 4.79 Å². The summed E-state index contributed by atoms with van der Waals surface area (Å²) in [5, 5.41) is 3.54. The molecule has 0 aliphatic carbocycles. The minimum Gasteiger partial charge on any atom is -0.322 e. The van der Waals surface area contributed by atoms with Crippen molar-refractivity contribution in [3.05, 3.63) is 89.1 Å². The number of carbonyl (C=O) groups excluding carboxylic acids is 1. The fraction of sp³-hybridized carbons (Fsp3) is 0.250. The number of para-hydroxylation sites is 2. The van der Waals surface area contributed by atoms with E-state index >= 15 is 0 Å². The molecular weight excluding hydrogens is 444 g/mol. The van der Waals surface area contributed by atoms with Gasteiger partial charge >= 0.3 is 0 Å². The molecule has 1 saturated heterocycles. The van der Waals surface area contributed by atoms with Crippen LogP contribution in [0.5, 0.6) is 0 Å². The first kappa shape index (κ1) is 22.5. The van der Waals surface area contributed by atoms with Crippen LogP contribution in [0.2, 0.25) is 5.02 Å². The van der Waals surface area contributed by atoms with E-state index in [1.165, 1.54) is 31.5 Å². The van der Waals surface area contributed by atoms with E-state index in [9.17, 15) is 4.79 Å². The van der Waals surface area contributed by atoms with Crippen LogP contribution < -0.4 is 5.32 Å². The van der Waals surface area contributed by atoms with Gasteiger partial charge in [-0.2, -0.15) is 0 Å². The van der Waals surface area contributed by atoms with Crippen LogP contribution in [0.15, 0.2) is 72.9 Å². The van der Waals surface area contributed by atoms with Crippen LogP contribution in [-0.2, 0) is 6.42 Å². The molecule has 0 radical (unpaired) electrons. The molecule has 4 aromatic rings. The predicted octanol–water partition coefficient (Wildman–Crippen LogP) is 6.09. The zero-order valence-corrected chi connectivity index (χ0v) is 19.9. The van der Waals surface area contributed by atoms with Gasteiger partial charge in [0, 0.05) is 16.8 Å². The number of halogens is 1. The molecule has 1 amide bonds. The first-order chi connectivity index (χ1) is 16.5. The summed E-state index contributed by atoms with van der Waals surface area (Å²) in [6.45, 7) is 2.33. The highest BCUT2D eigenvalue weighted by atomic mass is 35.5. The largest absolute Gasteiger partial charge is 0.322 e. The summed E-state index contributed by atoms with van der Waals surface area (Å²) in [7, 11) is 2.18. The maximum atomic E-state index is 12.9. The van der Waals surface area contributed by atoms with Gasteiger partial charge in [0.2, 0.25) is 0 Å². The third-order valence-electron chi connectivity index (χ3n) is 6.53. The molecule has 0 saturated carbocycles. The summed E-state index contributed by atoms with van der Waals surface area (Å²) in [6, 6.07) is 21.1. The maximum Gasteiger partial charge on any atom is 0.255 e. The molecular formula is C28H27ClN4O. The molecule has 6 heteroatoms. The lowest BCUT2D eigenvalue weighted by molar-refractivity contribution is 0.102. The Bertz CT molecular complexity index is 1310. The third-order valence-corrected chi connectivity index (χ3v) is 6.86. The lowest BCUT2D eigenvalue weighted by atomic mass is 9.90. The Kier molecular flexibility index (Phi) is 6.57. The van der Waals surface area contributed by atoms with Crippen LogP contribution >= 0.6 is 11.6 Å². The molecule has 1 fully saturated rings. The number of likely N-dealkylation sites (tertiary alicyclic amines) is 1. The third kappa shape index (κ3) is 5.11. The monoisotopic (exact) mass is 470 g/mol. The number of rotatable bonds is 5. The number of piperidine rings is 1. The molecule has 5 rings (SSSR count). The van der Waals surface area contributed by atoms with E-state index in [2.05, 4.69) is 39.4 Å². The van der Waals surface area contributed by atoms with E-state index in [1.807, 2.05) is 42.5 Å². The number of amides is 1. The molecule has 0 spiro atoms. The van der Waals surface area contributed by atoms with Crippen LogP contribution in [0.4, 0.5) is 5.69 Å². The van der Waals surface area contributed by atoms with Gasteiger partial charge in [0.25, 0.3) is 5.91 Å². The molecule has 5 nitrogen and oxygen atoms in total. The van der Waals surface area contributed by atoms with E-state index in [0.29, 0.717) is 22.0 Å². The fourth-order valence-corrected chi connectivity index (χ4v) is 4.70. The molecule has 1 aliphatic heterocycles. The number of aromatic nitrogens is 2. The van der Waals surface area contributed by atoms with Gasteiger partial charge in [-0.25, -0.2) is 4.98 Å². The zero-order chi connectivity index (χ0) is 23.5. The lowest BCUT2D eigenvalue weighted by Gasteiger charge is -2.28. The van der Waals surface area contributed by atoms with Gasteiger partial charge in [-0.1, -0.05) is 35.9 Å². The van der Waals surface area contributed by atoms with Gasteiger partial charge in [0.1, 0.15) is 0 Å². The van der Waals surface area contributed by atoms with Crippen LogP contribution in [0.25, 0.3) is 22.3 Å². The molecule has 1 aromatic heterocycles. The Morgan fingerprint density at radius 2 is 1.76 bits per heavy atom. The Labute approximate surface area is 204 Å². The van der Waals surface area contributed by atoms with Crippen molar-refractivity contribution in [1.29, 1.82) is 0 Å². The van der Waals surface area contributed by atoms with Gasteiger partial charge in [-0.3, -0.25) is 9.78 Å². The quantitative estimate of drug-likeness (QED) is 0.383. The second kappa shape index (κ2) is 9.92. The first-order valence-corrected chi connectivity index (χ1v) is 12.0. The van der Waals surface area contributed by atoms with Gasteiger partial charge in [-0.15, -0.1) is 0 Å². The van der Waals surface area contributed by atoms with E-state index in [4.69, 9.17) is 11.6 Å². The number of benzene rings is 3. The summed E-state index contributed by atoms with van der Waals surface area (Å²) in [6.07, 6.45) is 5.25. The summed E-state index contributed by atoms with van der Waals surface area (Å²) in [4.78, 5) is 24.4. The average molecular weight is 471 g/mol. The van der Waals surface area contributed by atoms with Crippen molar-refractivity contribution in [2.45, 2.75) is 19.3 Å². The smallest absolute Gasteiger partial charge is 0.255 e. The summed E-state index contributed by atoms with van der Waals surface area (Å²) < 4.78 is 0. The highest BCUT2D eigenvalue weighted by Crippen LogP contribution is 2.30. The van der Waals surface area contributed by atoms with E-state index in [0.717, 1.165) is 28.9 Å². The van der Waals surface area contributed by atoms with Crippen molar-refractivity contribution >= 4 is 34.2 Å². The van der Waals surface area contributed by atoms with E-state index in [1.54, 1.807) is 18.3 Å². The van der Waals surface area contributed by atoms with Crippen molar-refractivity contribution in [2.24, 2.45) is 5.92 Å². The number of carbonyl (C=O) groups is 1. The molecule has 2 heterocycles. The molecule has 3 aromatic carbocycles. The summed E-state index contributed by atoms with van der Waals surface area (Å²) in [5.74, 6) is 0.574. The van der Waals surface area contributed by atoms with Crippen LogP contribution in [0, 0.1) is 5.92 Å². The number of fused-ring (bicyclic) bond motifs is 1. The molecule has 34 heavy (non-hydrogen) atoms. The standard InChI is InChI=1S/C28H27ClN4O/c1-33-14-12-20(13-15-33)16-19-6-8-21(9-7-19)28(34)31-22-10-11-24(29)23(17-22)27-18-30-25-4-2-3-5-26(25)32-27/h2-11,17-18,20H,12-16H2,1H3,(H,31,34). The highest BCUT2D eigenvalue weighted by Gasteiger charge is 2.17. The SMILES string of the molecule is CN1CCC(Cc2ccc(C(=O)Nc3ccc(Cl)c(-c4cnc5ccccc5n4)c3)cc2)CC1. The lowest BCUT2D eigenvalue weighted by Crippen LogP contribution is -2.30. The highest BCUT2D eigenvalue weighted by molar-refractivity contribution is 6.33. The molecule has 0 unspecified atom stereocenters. The Morgan fingerprint density at radius 1 is 1.03 bits per heavy atom. The van der Waals surface area contributed by atoms with Crippen LogP contribution in [-0.4, -0.2) is 40.9 Å². The normalized spacial score (nSPS) is 14.9. The number of anilines is 1. The zero-order valence-electron chi connectivity index (χ0n) is 19.2. The van der Waals surface area contributed by atoms with Gasteiger partial charge in [0.05, 0.1) is 27.9 Å². The van der Waals surface area contributed by atoms with Gasteiger partial charge in [-0.05, 0) is 93.3 Å². The average Bonchev–Trinajstić information content (AvgIpc) is 2.87. The van der Waals surface area contributed by atoms with Gasteiger partial charge in [0.15, 0.2) is 0 Å². The topological polar surface area (TPSA) is 58.1 Å². The van der Waals surface area contributed by atoms with Crippen molar-refractivity contribution in [3.63, 3.8) is 0 Å². The number of nitrogens with one attached hydrogen (secondary N) is 1. The van der Waals surface area contributed by atoms with Crippen molar-refractivity contribution in [2.75, 3.05) is 25.5 Å². The Balaban J connectivity index is 1.29. The minimum absolute atomic E-state index is 0.149. The van der Waals surface area contributed by atoms with Crippen molar-refractivity contribution in [3.8, 4) is 11.3 Å². The minimum atomic E-state index is -0.149. The Hall–Kier alpha value is -3.28. The maximum absolute atomic E-state index is 12.9. The molecule has 1 N–H and O–H groups in total.